The van der Waals surface area contributed by atoms with Gasteiger partial charge in [-0.1, -0.05) is 12.1 Å². The van der Waals surface area contributed by atoms with Crippen molar-refractivity contribution in [2.45, 2.75) is 51.7 Å². The zero-order chi connectivity index (χ0) is 25.4. The molecule has 0 saturated carbocycles. The number of nitrogens with zero attached hydrogens (tertiary/aromatic N) is 1. The maximum absolute atomic E-state index is 12.0. The number of likely N-dealkylation sites (tertiary alicyclic amines) is 1. The molecule has 0 spiro atoms. The lowest BCUT2D eigenvalue weighted by Gasteiger charge is -2.39. The molecule has 3 heterocycles. The lowest BCUT2D eigenvalue weighted by molar-refractivity contribution is 0.0583. The second-order valence-corrected chi connectivity index (χ2v) is 12.7. The molecular weight excluding hydrogens is 492 g/mol. The molecule has 0 aliphatic carbocycles. The minimum absolute atomic E-state index is 0.164. The molecular formula is C28H34N2O4S2. The number of H-pyrrole nitrogens is 1. The van der Waals surface area contributed by atoms with Crippen LogP contribution >= 0.6 is 11.3 Å². The van der Waals surface area contributed by atoms with Crippen LogP contribution < -0.4 is 4.74 Å². The summed E-state index contributed by atoms with van der Waals surface area (Å²) in [6.45, 7) is 7.97. The Bertz CT molecular complexity index is 1470. The molecule has 5 rings (SSSR count). The summed E-state index contributed by atoms with van der Waals surface area (Å²) < 4.78 is 37.0. The monoisotopic (exact) mass is 526 g/mol. The number of nitrogens with one attached hydrogen (secondary N) is 1. The molecule has 1 aliphatic rings. The van der Waals surface area contributed by atoms with E-state index in [-0.39, 0.29) is 6.61 Å². The minimum atomic E-state index is -3.62. The number of hydrogen-bond acceptors (Lipinski definition) is 6. The molecule has 1 saturated heterocycles. The second-order valence-electron chi connectivity index (χ2n) is 10.1. The van der Waals surface area contributed by atoms with E-state index in [0.29, 0.717) is 18.5 Å². The van der Waals surface area contributed by atoms with Crippen LogP contribution in [0.15, 0.2) is 47.8 Å². The van der Waals surface area contributed by atoms with Crippen molar-refractivity contribution >= 4 is 42.4 Å². The first-order chi connectivity index (χ1) is 17.2. The third kappa shape index (κ3) is 5.62. The Morgan fingerprint density at radius 1 is 1.17 bits per heavy atom. The van der Waals surface area contributed by atoms with Gasteiger partial charge in [-0.25, -0.2) is 0 Å². The Hall–Kier alpha value is -2.39. The molecule has 1 N–H and O–H groups in total. The fourth-order valence-corrected chi connectivity index (χ4v) is 6.95. The molecule has 6 nitrogen and oxygen atoms in total. The van der Waals surface area contributed by atoms with Gasteiger partial charge in [-0.15, -0.1) is 11.3 Å². The van der Waals surface area contributed by atoms with E-state index in [1.807, 2.05) is 31.2 Å². The van der Waals surface area contributed by atoms with E-state index < -0.39 is 16.2 Å². The van der Waals surface area contributed by atoms with Gasteiger partial charge in [0.2, 0.25) is 0 Å². The minimum Gasteiger partial charge on any atom is -0.490 e. The molecule has 3 atom stereocenters. The number of piperidine rings is 1. The Labute approximate surface area is 217 Å². The molecule has 1 aliphatic heterocycles. The molecule has 0 bridgehead atoms. The Morgan fingerprint density at radius 2 is 2.00 bits per heavy atom. The summed E-state index contributed by atoms with van der Waals surface area (Å²) in [5, 5.41) is 4.57. The van der Waals surface area contributed by atoms with Crippen molar-refractivity contribution in [2.24, 2.45) is 0 Å². The van der Waals surface area contributed by atoms with Crippen molar-refractivity contribution in [1.82, 2.24) is 9.88 Å². The Morgan fingerprint density at radius 3 is 2.78 bits per heavy atom. The summed E-state index contributed by atoms with van der Waals surface area (Å²) in [5.74, 6) is 1.23. The highest BCUT2D eigenvalue weighted by atomic mass is 32.2. The molecule has 192 valence electrons. The van der Waals surface area contributed by atoms with Gasteiger partial charge in [0.15, 0.2) is 0 Å². The van der Waals surface area contributed by atoms with Crippen molar-refractivity contribution in [2.75, 3.05) is 26.0 Å². The molecule has 4 aromatic rings. The second kappa shape index (κ2) is 10.2. The Balaban J connectivity index is 1.26. The lowest BCUT2D eigenvalue weighted by Crippen LogP contribution is -2.46. The van der Waals surface area contributed by atoms with Crippen molar-refractivity contribution in [3.8, 4) is 5.75 Å². The molecule has 1 fully saturated rings. The first-order valence-electron chi connectivity index (χ1n) is 12.5. The maximum atomic E-state index is 12.0. The van der Waals surface area contributed by atoms with E-state index in [1.165, 1.54) is 21.2 Å². The van der Waals surface area contributed by atoms with Gasteiger partial charge >= 0.3 is 0 Å². The third-order valence-electron chi connectivity index (χ3n) is 7.21. The number of aryl methyl sites for hydroxylation is 2. The standard InChI is InChI=1S/C28H34N2O4S2/c1-18-17-35-28-9-8-21(14-24(18)28)22-10-11-30(20(3)13-22)15-23(34-36(4,31)32)16-33-27-7-5-6-26-25(27)12-19(2)29-26/h5-9,12,14,17,20,22-23,29H,10-11,13,15-16H2,1-4H3. The van der Waals surface area contributed by atoms with Crippen molar-refractivity contribution in [3.63, 3.8) is 0 Å². The van der Waals surface area contributed by atoms with Gasteiger partial charge in [-0.3, -0.25) is 9.08 Å². The van der Waals surface area contributed by atoms with E-state index in [2.05, 4.69) is 47.3 Å². The fraction of sp³-hybridized carbons (Fsp3) is 0.429. The van der Waals surface area contributed by atoms with Crippen LogP contribution in [0.2, 0.25) is 0 Å². The SMILES string of the molecule is Cc1cc2c(OCC(CN3CCC(c4ccc5scc(C)c5c4)CC3C)OS(C)(=O)=O)cccc2[nH]1. The van der Waals surface area contributed by atoms with Crippen molar-refractivity contribution < 1.29 is 17.3 Å². The molecule has 0 radical (unpaired) electrons. The van der Waals surface area contributed by atoms with Crippen molar-refractivity contribution in [3.05, 3.63) is 64.7 Å². The maximum Gasteiger partial charge on any atom is 0.264 e. The van der Waals surface area contributed by atoms with Gasteiger partial charge in [0.25, 0.3) is 10.1 Å². The number of fused-ring (bicyclic) bond motifs is 2. The first kappa shape index (κ1) is 25.3. The Kier molecular flexibility index (Phi) is 7.14. The van der Waals surface area contributed by atoms with Crippen LogP contribution in [0.25, 0.3) is 21.0 Å². The number of aromatic nitrogens is 1. The van der Waals surface area contributed by atoms with E-state index in [9.17, 15) is 8.42 Å². The normalized spacial score (nSPS) is 20.2. The largest absolute Gasteiger partial charge is 0.490 e. The predicted octanol–water partition coefficient (Wildman–Crippen LogP) is 5.99. The van der Waals surface area contributed by atoms with E-state index in [1.54, 1.807) is 11.3 Å². The quantitative estimate of drug-likeness (QED) is 0.286. The van der Waals surface area contributed by atoms with Gasteiger partial charge in [0.1, 0.15) is 18.5 Å². The molecule has 0 amide bonds. The average Bonchev–Trinajstić information content (AvgIpc) is 3.39. The van der Waals surface area contributed by atoms with Crippen molar-refractivity contribution in [1.29, 1.82) is 0 Å². The molecule has 3 unspecified atom stereocenters. The van der Waals surface area contributed by atoms with Gasteiger partial charge in [0.05, 0.1) is 6.26 Å². The van der Waals surface area contributed by atoms with Crippen LogP contribution in [-0.4, -0.2) is 56.4 Å². The summed E-state index contributed by atoms with van der Waals surface area (Å²) in [6.07, 6.45) is 2.59. The number of hydrogen-bond donors (Lipinski definition) is 1. The molecule has 2 aromatic carbocycles. The highest BCUT2D eigenvalue weighted by Gasteiger charge is 2.30. The first-order valence-corrected chi connectivity index (χ1v) is 15.2. The van der Waals surface area contributed by atoms with E-state index in [4.69, 9.17) is 8.92 Å². The van der Waals surface area contributed by atoms with Gasteiger partial charge < -0.3 is 9.72 Å². The summed E-state index contributed by atoms with van der Waals surface area (Å²) >= 11 is 1.80. The lowest BCUT2D eigenvalue weighted by atomic mass is 9.85. The van der Waals surface area contributed by atoms with Crippen LogP contribution in [0, 0.1) is 13.8 Å². The van der Waals surface area contributed by atoms with E-state index in [0.717, 1.165) is 48.0 Å². The van der Waals surface area contributed by atoms with E-state index >= 15 is 0 Å². The number of benzene rings is 2. The third-order valence-corrected chi connectivity index (χ3v) is 8.91. The van der Waals surface area contributed by atoms with Crippen LogP contribution in [0.1, 0.15) is 42.5 Å². The summed E-state index contributed by atoms with van der Waals surface area (Å²) in [6, 6.07) is 15.1. The smallest absolute Gasteiger partial charge is 0.264 e. The molecule has 8 heteroatoms. The van der Waals surface area contributed by atoms with Gasteiger partial charge in [0, 0.05) is 33.9 Å². The number of ether oxygens (including phenoxy) is 1. The summed E-state index contributed by atoms with van der Waals surface area (Å²) in [7, 11) is -3.62. The zero-order valence-electron chi connectivity index (χ0n) is 21.3. The predicted molar refractivity (Wildman–Crippen MR) is 148 cm³/mol. The highest BCUT2D eigenvalue weighted by Crippen LogP contribution is 2.35. The summed E-state index contributed by atoms with van der Waals surface area (Å²) in [5.41, 5.74) is 4.79. The van der Waals surface area contributed by atoms with Crippen LogP contribution in [0.4, 0.5) is 0 Å². The topological polar surface area (TPSA) is 71.6 Å². The average molecular weight is 527 g/mol. The van der Waals surface area contributed by atoms with Gasteiger partial charge in [-0.2, -0.15) is 8.42 Å². The number of aromatic amines is 1. The van der Waals surface area contributed by atoms with Gasteiger partial charge in [-0.05, 0) is 98.3 Å². The zero-order valence-corrected chi connectivity index (χ0v) is 22.9. The fourth-order valence-electron chi connectivity index (χ4n) is 5.42. The molecule has 2 aromatic heterocycles. The number of rotatable bonds is 8. The summed E-state index contributed by atoms with van der Waals surface area (Å²) in [4.78, 5) is 5.65. The number of thiophene rings is 1. The molecule has 36 heavy (non-hydrogen) atoms. The van der Waals surface area contributed by atoms with Crippen LogP contribution in [0.3, 0.4) is 0 Å². The highest BCUT2D eigenvalue weighted by molar-refractivity contribution is 7.86. The van der Waals surface area contributed by atoms with Crippen LogP contribution in [-0.2, 0) is 14.3 Å². The van der Waals surface area contributed by atoms with Crippen LogP contribution in [0.5, 0.6) is 5.75 Å².